The van der Waals surface area contributed by atoms with Gasteiger partial charge in [0.05, 0.1) is 12.5 Å². The smallest absolute Gasteiger partial charge is 0.182 e. The standard InChI is InChI=1S/C16H14N4OS/c1-9-10(2)22-16-13(9)15-18-14(19-20(15)8-17-16)11-5-4-6-12(7-11)21-3/h4-8H,1-3H3. The molecule has 4 aromatic rings. The van der Waals surface area contributed by atoms with E-state index in [4.69, 9.17) is 9.72 Å². The monoisotopic (exact) mass is 310 g/mol. The lowest BCUT2D eigenvalue weighted by Crippen LogP contribution is -1.90. The van der Waals surface area contributed by atoms with Gasteiger partial charge in [-0.3, -0.25) is 0 Å². The molecule has 0 aliphatic carbocycles. The van der Waals surface area contributed by atoms with Crippen molar-refractivity contribution in [3.8, 4) is 17.1 Å². The Morgan fingerprint density at radius 2 is 2.09 bits per heavy atom. The number of aryl methyl sites for hydroxylation is 2. The summed E-state index contributed by atoms with van der Waals surface area (Å²) in [5.74, 6) is 1.47. The molecule has 0 aliphatic rings. The van der Waals surface area contributed by atoms with Gasteiger partial charge >= 0.3 is 0 Å². The summed E-state index contributed by atoms with van der Waals surface area (Å²) in [5, 5.41) is 5.64. The van der Waals surface area contributed by atoms with E-state index in [1.807, 2.05) is 24.3 Å². The zero-order valence-electron chi connectivity index (χ0n) is 12.5. The molecule has 22 heavy (non-hydrogen) atoms. The minimum atomic E-state index is 0.677. The third-order valence-electron chi connectivity index (χ3n) is 3.83. The Bertz CT molecular complexity index is 1000. The molecule has 0 N–H and O–H groups in total. The van der Waals surface area contributed by atoms with Crippen molar-refractivity contribution in [2.24, 2.45) is 0 Å². The van der Waals surface area contributed by atoms with Gasteiger partial charge in [-0.25, -0.2) is 14.5 Å². The van der Waals surface area contributed by atoms with E-state index in [0.717, 1.165) is 27.2 Å². The molecule has 110 valence electrons. The van der Waals surface area contributed by atoms with Gasteiger partial charge in [-0.05, 0) is 31.5 Å². The van der Waals surface area contributed by atoms with Crippen molar-refractivity contribution in [2.75, 3.05) is 7.11 Å². The molecule has 1 aromatic carbocycles. The van der Waals surface area contributed by atoms with Crippen LogP contribution in [0.3, 0.4) is 0 Å². The molecule has 0 radical (unpaired) electrons. The van der Waals surface area contributed by atoms with E-state index < -0.39 is 0 Å². The van der Waals surface area contributed by atoms with E-state index in [1.54, 1.807) is 29.3 Å². The fourth-order valence-electron chi connectivity index (χ4n) is 2.53. The van der Waals surface area contributed by atoms with Crippen molar-refractivity contribution in [3.05, 3.63) is 41.0 Å². The van der Waals surface area contributed by atoms with Gasteiger partial charge in [0.25, 0.3) is 0 Å². The van der Waals surface area contributed by atoms with Gasteiger partial charge < -0.3 is 4.74 Å². The zero-order chi connectivity index (χ0) is 15.3. The van der Waals surface area contributed by atoms with Gasteiger partial charge in [0.15, 0.2) is 11.5 Å². The number of rotatable bonds is 2. The number of benzene rings is 1. The molecule has 0 bridgehead atoms. The van der Waals surface area contributed by atoms with E-state index >= 15 is 0 Å². The average molecular weight is 310 g/mol. The van der Waals surface area contributed by atoms with Crippen LogP contribution in [-0.2, 0) is 0 Å². The minimum absolute atomic E-state index is 0.677. The van der Waals surface area contributed by atoms with Crippen LogP contribution in [0.1, 0.15) is 10.4 Å². The van der Waals surface area contributed by atoms with Gasteiger partial charge in [-0.1, -0.05) is 12.1 Å². The van der Waals surface area contributed by atoms with Crippen molar-refractivity contribution in [2.45, 2.75) is 13.8 Å². The maximum absolute atomic E-state index is 5.27. The van der Waals surface area contributed by atoms with Crippen LogP contribution < -0.4 is 4.74 Å². The summed E-state index contributed by atoms with van der Waals surface area (Å²) in [6.07, 6.45) is 1.73. The van der Waals surface area contributed by atoms with Gasteiger partial charge in [0, 0.05) is 10.4 Å². The van der Waals surface area contributed by atoms with Crippen LogP contribution in [0.2, 0.25) is 0 Å². The van der Waals surface area contributed by atoms with Crippen LogP contribution in [0.4, 0.5) is 0 Å². The molecule has 5 nitrogen and oxygen atoms in total. The Hall–Kier alpha value is -2.47. The number of aromatic nitrogens is 4. The molecule has 3 aromatic heterocycles. The second kappa shape index (κ2) is 4.78. The summed E-state index contributed by atoms with van der Waals surface area (Å²) < 4.78 is 7.02. The number of nitrogens with zero attached hydrogens (tertiary/aromatic N) is 4. The first-order valence-electron chi connectivity index (χ1n) is 6.93. The van der Waals surface area contributed by atoms with Crippen LogP contribution in [-0.4, -0.2) is 26.7 Å². The van der Waals surface area contributed by atoms with Crippen LogP contribution in [0.25, 0.3) is 27.3 Å². The first-order valence-corrected chi connectivity index (χ1v) is 7.74. The Labute approximate surface area is 131 Å². The van der Waals surface area contributed by atoms with Crippen LogP contribution >= 0.6 is 11.3 Å². The fourth-order valence-corrected chi connectivity index (χ4v) is 3.52. The second-order valence-electron chi connectivity index (χ2n) is 5.14. The number of thiophene rings is 1. The molecule has 0 atom stereocenters. The maximum Gasteiger partial charge on any atom is 0.182 e. The quantitative estimate of drug-likeness (QED) is 0.567. The van der Waals surface area contributed by atoms with Crippen LogP contribution in [0, 0.1) is 13.8 Å². The predicted molar refractivity (Wildman–Crippen MR) is 87.6 cm³/mol. The molecule has 0 spiro atoms. The molecule has 4 rings (SSSR count). The summed E-state index contributed by atoms with van der Waals surface area (Å²) in [4.78, 5) is 11.5. The third kappa shape index (κ3) is 1.88. The van der Waals surface area contributed by atoms with Crippen molar-refractivity contribution in [1.29, 1.82) is 0 Å². The van der Waals surface area contributed by atoms with Gasteiger partial charge in [0.1, 0.15) is 16.9 Å². The van der Waals surface area contributed by atoms with Crippen molar-refractivity contribution in [3.63, 3.8) is 0 Å². The Morgan fingerprint density at radius 1 is 1.23 bits per heavy atom. The van der Waals surface area contributed by atoms with Crippen LogP contribution in [0.5, 0.6) is 5.75 Å². The Morgan fingerprint density at radius 3 is 2.91 bits per heavy atom. The minimum Gasteiger partial charge on any atom is -0.497 e. The second-order valence-corrected chi connectivity index (χ2v) is 6.35. The highest BCUT2D eigenvalue weighted by molar-refractivity contribution is 7.18. The SMILES string of the molecule is COc1cccc(-c2nc3c4c(C)c(C)sc4ncn3n2)c1. The third-order valence-corrected chi connectivity index (χ3v) is 4.95. The Kier molecular flexibility index (Phi) is 2.87. The number of hydrogen-bond acceptors (Lipinski definition) is 5. The number of methoxy groups -OCH3 is 1. The first-order chi connectivity index (χ1) is 10.7. The highest BCUT2D eigenvalue weighted by Crippen LogP contribution is 2.31. The fraction of sp³-hybridized carbons (Fsp3) is 0.188. The summed E-state index contributed by atoms with van der Waals surface area (Å²) in [6, 6.07) is 7.76. The van der Waals surface area contributed by atoms with E-state index in [9.17, 15) is 0 Å². The molecule has 0 aliphatic heterocycles. The van der Waals surface area contributed by atoms with Crippen molar-refractivity contribution < 1.29 is 4.74 Å². The molecule has 0 fully saturated rings. The lowest BCUT2D eigenvalue weighted by atomic mass is 10.2. The van der Waals surface area contributed by atoms with Crippen molar-refractivity contribution in [1.82, 2.24) is 19.6 Å². The van der Waals surface area contributed by atoms with Gasteiger partial charge in [-0.2, -0.15) is 0 Å². The molecule has 0 saturated carbocycles. The molecule has 0 saturated heterocycles. The average Bonchev–Trinajstić information content (AvgIpc) is 3.09. The molecule has 0 amide bonds. The van der Waals surface area contributed by atoms with E-state index in [-0.39, 0.29) is 0 Å². The lowest BCUT2D eigenvalue weighted by molar-refractivity contribution is 0.415. The van der Waals surface area contributed by atoms with Crippen molar-refractivity contribution >= 4 is 27.2 Å². The molecule has 3 heterocycles. The van der Waals surface area contributed by atoms with Gasteiger partial charge in [-0.15, -0.1) is 16.4 Å². The topological polar surface area (TPSA) is 52.3 Å². The molecule has 0 unspecified atom stereocenters. The highest BCUT2D eigenvalue weighted by atomic mass is 32.1. The summed E-state index contributed by atoms with van der Waals surface area (Å²) in [6.45, 7) is 4.22. The summed E-state index contributed by atoms with van der Waals surface area (Å²) in [5.41, 5.74) is 3.01. The first kappa shape index (κ1) is 13.2. The summed E-state index contributed by atoms with van der Waals surface area (Å²) in [7, 11) is 1.65. The normalized spacial score (nSPS) is 11.4. The van der Waals surface area contributed by atoms with Crippen LogP contribution in [0.15, 0.2) is 30.6 Å². The van der Waals surface area contributed by atoms with E-state index in [1.165, 1.54) is 10.4 Å². The maximum atomic E-state index is 5.27. The van der Waals surface area contributed by atoms with Gasteiger partial charge in [0.2, 0.25) is 0 Å². The zero-order valence-corrected chi connectivity index (χ0v) is 13.3. The van der Waals surface area contributed by atoms with E-state index in [0.29, 0.717) is 5.82 Å². The lowest BCUT2D eigenvalue weighted by Gasteiger charge is -2.00. The number of ether oxygens (including phenoxy) is 1. The Balaban J connectivity index is 1.98. The molecule has 6 heteroatoms. The predicted octanol–water partition coefficient (Wildman–Crippen LogP) is 3.63. The molecular weight excluding hydrogens is 296 g/mol. The molecular formula is C16H14N4OS. The number of fused-ring (bicyclic) bond motifs is 3. The van der Waals surface area contributed by atoms with E-state index in [2.05, 4.69) is 23.9 Å². The largest absolute Gasteiger partial charge is 0.497 e. The summed E-state index contributed by atoms with van der Waals surface area (Å²) >= 11 is 1.69. The number of hydrogen-bond donors (Lipinski definition) is 0. The highest BCUT2D eigenvalue weighted by Gasteiger charge is 2.15.